The average Bonchev–Trinajstić information content (AvgIpc) is 2.78. The van der Waals surface area contributed by atoms with Gasteiger partial charge in [0.05, 0.1) is 13.2 Å². The lowest BCUT2D eigenvalue weighted by atomic mass is 10.1. The van der Waals surface area contributed by atoms with Gasteiger partial charge in [-0.3, -0.25) is 9.59 Å². The number of nitrogens with zero attached hydrogens (tertiary/aromatic N) is 2. The van der Waals surface area contributed by atoms with Crippen molar-refractivity contribution < 1.29 is 19.1 Å². The monoisotopic (exact) mass is 410 g/mol. The maximum Gasteiger partial charge on any atom is 0.253 e. The van der Waals surface area contributed by atoms with Gasteiger partial charge >= 0.3 is 0 Å². The Morgan fingerprint density at radius 1 is 0.900 bits per heavy atom. The molecule has 2 amide bonds. The summed E-state index contributed by atoms with van der Waals surface area (Å²) in [5, 5.41) is 0. The summed E-state index contributed by atoms with van der Waals surface area (Å²) in [5.74, 6) is 1.75. The predicted octanol–water partition coefficient (Wildman–Crippen LogP) is 3.54. The van der Waals surface area contributed by atoms with Crippen LogP contribution < -0.4 is 9.47 Å². The van der Waals surface area contributed by atoms with Crippen LogP contribution in [-0.2, 0) is 4.79 Å². The highest BCUT2D eigenvalue weighted by Crippen LogP contribution is 2.17. The molecule has 0 spiro atoms. The maximum absolute atomic E-state index is 12.7. The summed E-state index contributed by atoms with van der Waals surface area (Å²) < 4.78 is 11.2. The first-order valence-electron chi connectivity index (χ1n) is 10.6. The molecule has 6 nitrogen and oxygen atoms in total. The van der Waals surface area contributed by atoms with Gasteiger partial charge in [0.25, 0.3) is 5.91 Å². The molecule has 30 heavy (non-hydrogen) atoms. The van der Waals surface area contributed by atoms with Gasteiger partial charge in [-0.05, 0) is 56.2 Å². The van der Waals surface area contributed by atoms with Crippen LogP contribution in [0, 0.1) is 6.92 Å². The highest BCUT2D eigenvalue weighted by molar-refractivity contribution is 5.94. The second-order valence-electron chi connectivity index (χ2n) is 7.35. The summed E-state index contributed by atoms with van der Waals surface area (Å²) in [6.45, 7) is 7.30. The molecule has 0 bridgehead atoms. The molecule has 6 heteroatoms. The topological polar surface area (TPSA) is 59.1 Å². The molecule has 1 aliphatic heterocycles. The van der Waals surface area contributed by atoms with E-state index in [9.17, 15) is 9.59 Å². The van der Waals surface area contributed by atoms with E-state index in [4.69, 9.17) is 9.47 Å². The van der Waals surface area contributed by atoms with Crippen molar-refractivity contribution in [3.05, 3.63) is 59.7 Å². The molecule has 1 saturated heterocycles. The Morgan fingerprint density at radius 3 is 2.23 bits per heavy atom. The second-order valence-corrected chi connectivity index (χ2v) is 7.35. The minimum atomic E-state index is -0.00298. The summed E-state index contributed by atoms with van der Waals surface area (Å²) in [7, 11) is 0. The van der Waals surface area contributed by atoms with Gasteiger partial charge in [0.1, 0.15) is 11.5 Å². The number of piperazine rings is 1. The van der Waals surface area contributed by atoms with Crippen LogP contribution in [-0.4, -0.2) is 61.0 Å². The number of rotatable bonds is 8. The fourth-order valence-electron chi connectivity index (χ4n) is 3.48. The molecule has 0 aliphatic carbocycles. The molecule has 1 heterocycles. The van der Waals surface area contributed by atoms with Crippen LogP contribution in [0.3, 0.4) is 0 Å². The molecule has 1 fully saturated rings. The van der Waals surface area contributed by atoms with Gasteiger partial charge in [-0.15, -0.1) is 0 Å². The van der Waals surface area contributed by atoms with Gasteiger partial charge in [-0.25, -0.2) is 0 Å². The number of amides is 2. The second kappa shape index (κ2) is 10.7. The number of ether oxygens (including phenoxy) is 2. The van der Waals surface area contributed by atoms with E-state index in [0.29, 0.717) is 57.8 Å². The fraction of sp³-hybridized carbons (Fsp3) is 0.417. The molecule has 2 aromatic carbocycles. The van der Waals surface area contributed by atoms with E-state index in [2.05, 4.69) is 0 Å². The van der Waals surface area contributed by atoms with Crippen molar-refractivity contribution in [3.8, 4) is 11.5 Å². The van der Waals surface area contributed by atoms with Crippen LogP contribution in [0.4, 0.5) is 0 Å². The first kappa shape index (κ1) is 21.7. The lowest BCUT2D eigenvalue weighted by molar-refractivity contribution is -0.132. The summed E-state index contributed by atoms with van der Waals surface area (Å²) in [6.07, 6.45) is 1.14. The standard InChI is InChI=1S/C24H30N2O4/c1-3-29-21-12-10-20(11-13-21)24(28)26-16-14-25(15-17-26)23(27)9-6-18-30-22-8-5-4-7-19(22)2/h4-5,7-8,10-13H,3,6,9,14-18H2,1-2H3. The van der Waals surface area contributed by atoms with Gasteiger partial charge in [-0.2, -0.15) is 0 Å². The minimum absolute atomic E-state index is 0.00298. The van der Waals surface area contributed by atoms with E-state index in [1.807, 2.05) is 55.1 Å². The molecule has 1 aliphatic rings. The van der Waals surface area contributed by atoms with E-state index in [-0.39, 0.29) is 11.8 Å². The Bertz CT molecular complexity index is 843. The van der Waals surface area contributed by atoms with Crippen molar-refractivity contribution in [1.29, 1.82) is 0 Å². The number of benzene rings is 2. The molecule has 0 atom stereocenters. The zero-order valence-electron chi connectivity index (χ0n) is 17.8. The van der Waals surface area contributed by atoms with Crippen LogP contribution in [0.25, 0.3) is 0 Å². The lowest BCUT2D eigenvalue weighted by Gasteiger charge is -2.35. The Balaban J connectivity index is 1.39. The zero-order chi connectivity index (χ0) is 21.3. The van der Waals surface area contributed by atoms with Crippen LogP contribution in [0.2, 0.25) is 0 Å². The zero-order valence-corrected chi connectivity index (χ0v) is 17.8. The van der Waals surface area contributed by atoms with E-state index in [1.165, 1.54) is 0 Å². The lowest BCUT2D eigenvalue weighted by Crippen LogP contribution is -2.50. The van der Waals surface area contributed by atoms with Crippen molar-refractivity contribution in [2.45, 2.75) is 26.7 Å². The smallest absolute Gasteiger partial charge is 0.253 e. The minimum Gasteiger partial charge on any atom is -0.494 e. The molecule has 0 aromatic heterocycles. The average molecular weight is 411 g/mol. The third-order valence-corrected chi connectivity index (χ3v) is 5.22. The van der Waals surface area contributed by atoms with Crippen molar-refractivity contribution in [2.75, 3.05) is 39.4 Å². The Labute approximate surface area is 178 Å². The van der Waals surface area contributed by atoms with Crippen molar-refractivity contribution in [3.63, 3.8) is 0 Å². The molecular weight excluding hydrogens is 380 g/mol. The number of aryl methyl sites for hydroxylation is 1. The van der Waals surface area contributed by atoms with Crippen LogP contribution in [0.15, 0.2) is 48.5 Å². The number of carbonyl (C=O) groups excluding carboxylic acids is 2. The largest absolute Gasteiger partial charge is 0.494 e. The summed E-state index contributed by atoms with van der Waals surface area (Å²) >= 11 is 0. The third kappa shape index (κ3) is 5.75. The fourth-order valence-corrected chi connectivity index (χ4v) is 3.48. The normalized spacial score (nSPS) is 13.8. The molecule has 0 saturated carbocycles. The third-order valence-electron chi connectivity index (χ3n) is 5.22. The quantitative estimate of drug-likeness (QED) is 0.625. The Morgan fingerprint density at radius 2 is 1.57 bits per heavy atom. The van der Waals surface area contributed by atoms with Crippen LogP contribution in [0.1, 0.15) is 35.7 Å². The predicted molar refractivity (Wildman–Crippen MR) is 116 cm³/mol. The molecule has 3 rings (SSSR count). The summed E-state index contributed by atoms with van der Waals surface area (Å²) in [5.41, 5.74) is 1.74. The van der Waals surface area contributed by atoms with Crippen molar-refractivity contribution in [2.24, 2.45) is 0 Å². The number of para-hydroxylation sites is 1. The summed E-state index contributed by atoms with van der Waals surface area (Å²) in [4.78, 5) is 28.8. The molecule has 0 radical (unpaired) electrons. The summed E-state index contributed by atoms with van der Waals surface area (Å²) in [6, 6.07) is 15.1. The first-order chi connectivity index (χ1) is 14.6. The van der Waals surface area contributed by atoms with E-state index in [0.717, 1.165) is 17.1 Å². The molecular formula is C24H30N2O4. The van der Waals surface area contributed by atoms with E-state index < -0.39 is 0 Å². The van der Waals surface area contributed by atoms with Crippen molar-refractivity contribution >= 4 is 11.8 Å². The van der Waals surface area contributed by atoms with E-state index in [1.54, 1.807) is 17.0 Å². The van der Waals surface area contributed by atoms with Crippen LogP contribution in [0.5, 0.6) is 11.5 Å². The first-order valence-corrected chi connectivity index (χ1v) is 10.6. The molecule has 0 unspecified atom stereocenters. The van der Waals surface area contributed by atoms with Gasteiger partial charge in [0.15, 0.2) is 0 Å². The highest BCUT2D eigenvalue weighted by atomic mass is 16.5. The molecule has 160 valence electrons. The number of hydrogen-bond donors (Lipinski definition) is 0. The SMILES string of the molecule is CCOc1ccc(C(=O)N2CCN(C(=O)CCCOc3ccccc3C)CC2)cc1. The van der Waals surface area contributed by atoms with Gasteiger partial charge in [0.2, 0.25) is 5.91 Å². The van der Waals surface area contributed by atoms with Gasteiger partial charge in [0, 0.05) is 38.2 Å². The Hall–Kier alpha value is -3.02. The van der Waals surface area contributed by atoms with Crippen molar-refractivity contribution in [1.82, 2.24) is 9.80 Å². The maximum atomic E-state index is 12.7. The van der Waals surface area contributed by atoms with Gasteiger partial charge < -0.3 is 19.3 Å². The Kier molecular flexibility index (Phi) is 7.71. The number of carbonyl (C=O) groups is 2. The number of hydrogen-bond acceptors (Lipinski definition) is 4. The van der Waals surface area contributed by atoms with Gasteiger partial charge in [-0.1, -0.05) is 18.2 Å². The molecule has 0 N–H and O–H groups in total. The highest BCUT2D eigenvalue weighted by Gasteiger charge is 2.24. The molecule has 2 aromatic rings. The van der Waals surface area contributed by atoms with E-state index >= 15 is 0 Å². The van der Waals surface area contributed by atoms with Crippen LogP contribution >= 0.6 is 0 Å².